The number of rotatable bonds is 7. The van der Waals surface area contributed by atoms with Gasteiger partial charge >= 0.3 is 0 Å². The smallest absolute Gasteiger partial charge is 0.265 e. The molecule has 1 aliphatic rings. The van der Waals surface area contributed by atoms with Gasteiger partial charge in [-0.3, -0.25) is 9.59 Å². The zero-order valence-electron chi connectivity index (χ0n) is 17.2. The van der Waals surface area contributed by atoms with Crippen molar-refractivity contribution in [1.82, 2.24) is 0 Å². The monoisotopic (exact) mass is 394 g/mol. The van der Waals surface area contributed by atoms with Crippen LogP contribution in [0.2, 0.25) is 0 Å². The molecule has 3 rings (SSSR count). The first kappa shape index (κ1) is 20.9. The Kier molecular flexibility index (Phi) is 7.28. The van der Waals surface area contributed by atoms with Gasteiger partial charge in [-0.1, -0.05) is 49.9 Å². The fraction of sp³-hybridized carbons (Fsp3) is 0.417. The molecule has 0 spiro atoms. The van der Waals surface area contributed by atoms with Crippen molar-refractivity contribution >= 4 is 23.2 Å². The zero-order valence-corrected chi connectivity index (χ0v) is 17.2. The summed E-state index contributed by atoms with van der Waals surface area (Å²) in [5, 5.41) is 5.89. The number of ether oxygens (including phenoxy) is 1. The SMILES string of the molecule is CCC(Oc1ccc(C)cc1)C(=O)Nc1cccc(NC(=O)C2CCCCC2)c1. The van der Waals surface area contributed by atoms with Gasteiger partial charge in [0, 0.05) is 17.3 Å². The Morgan fingerprint density at radius 2 is 1.66 bits per heavy atom. The van der Waals surface area contributed by atoms with Crippen LogP contribution in [0.25, 0.3) is 0 Å². The highest BCUT2D eigenvalue weighted by Crippen LogP contribution is 2.25. The lowest BCUT2D eigenvalue weighted by atomic mass is 9.88. The Balaban J connectivity index is 1.59. The van der Waals surface area contributed by atoms with E-state index in [9.17, 15) is 9.59 Å². The van der Waals surface area contributed by atoms with Crippen molar-refractivity contribution in [1.29, 1.82) is 0 Å². The molecule has 1 unspecified atom stereocenters. The highest BCUT2D eigenvalue weighted by molar-refractivity contribution is 5.96. The van der Waals surface area contributed by atoms with Gasteiger partial charge in [0.15, 0.2) is 6.10 Å². The molecule has 154 valence electrons. The van der Waals surface area contributed by atoms with Crippen LogP contribution in [-0.4, -0.2) is 17.9 Å². The average molecular weight is 395 g/mol. The molecule has 0 saturated heterocycles. The van der Waals surface area contributed by atoms with Crippen LogP contribution in [0.1, 0.15) is 51.0 Å². The minimum Gasteiger partial charge on any atom is -0.481 e. The van der Waals surface area contributed by atoms with Crippen LogP contribution in [0, 0.1) is 12.8 Å². The molecule has 0 heterocycles. The van der Waals surface area contributed by atoms with Crippen LogP contribution < -0.4 is 15.4 Å². The lowest BCUT2D eigenvalue weighted by Crippen LogP contribution is -2.32. The van der Waals surface area contributed by atoms with Crippen molar-refractivity contribution in [3.05, 3.63) is 54.1 Å². The number of anilines is 2. The molecule has 0 aromatic heterocycles. The van der Waals surface area contributed by atoms with Gasteiger partial charge in [-0.2, -0.15) is 0 Å². The summed E-state index contributed by atoms with van der Waals surface area (Å²) in [7, 11) is 0. The fourth-order valence-corrected chi connectivity index (χ4v) is 3.61. The summed E-state index contributed by atoms with van der Waals surface area (Å²) in [6.45, 7) is 3.92. The summed E-state index contributed by atoms with van der Waals surface area (Å²) in [4.78, 5) is 25.1. The first-order chi connectivity index (χ1) is 14.0. The molecule has 0 radical (unpaired) electrons. The van der Waals surface area contributed by atoms with E-state index in [1.165, 1.54) is 6.42 Å². The Bertz CT molecular complexity index is 826. The first-order valence-electron chi connectivity index (χ1n) is 10.5. The molecule has 2 aromatic carbocycles. The number of carbonyl (C=O) groups is 2. The average Bonchev–Trinajstić information content (AvgIpc) is 2.74. The Morgan fingerprint density at radius 1 is 1.00 bits per heavy atom. The van der Waals surface area contributed by atoms with E-state index in [0.29, 0.717) is 23.5 Å². The molecule has 2 amide bonds. The van der Waals surface area contributed by atoms with Crippen LogP contribution >= 0.6 is 0 Å². The second-order valence-corrected chi connectivity index (χ2v) is 7.72. The summed E-state index contributed by atoms with van der Waals surface area (Å²) in [6, 6.07) is 14.9. The topological polar surface area (TPSA) is 67.4 Å². The van der Waals surface area contributed by atoms with Crippen LogP contribution in [0.3, 0.4) is 0 Å². The second-order valence-electron chi connectivity index (χ2n) is 7.72. The first-order valence-corrected chi connectivity index (χ1v) is 10.5. The van der Waals surface area contributed by atoms with E-state index < -0.39 is 6.10 Å². The number of nitrogens with one attached hydrogen (secondary N) is 2. The highest BCUT2D eigenvalue weighted by atomic mass is 16.5. The van der Waals surface area contributed by atoms with Crippen molar-refractivity contribution in [2.75, 3.05) is 10.6 Å². The van der Waals surface area contributed by atoms with Crippen molar-refractivity contribution < 1.29 is 14.3 Å². The van der Waals surface area contributed by atoms with Crippen molar-refractivity contribution in [3.63, 3.8) is 0 Å². The molecule has 1 saturated carbocycles. The second kappa shape index (κ2) is 10.1. The maximum Gasteiger partial charge on any atom is 0.265 e. The summed E-state index contributed by atoms with van der Waals surface area (Å²) in [5.41, 5.74) is 2.48. The molecule has 5 heteroatoms. The van der Waals surface area contributed by atoms with E-state index >= 15 is 0 Å². The third-order valence-electron chi connectivity index (χ3n) is 5.34. The molecule has 0 bridgehead atoms. The third kappa shape index (κ3) is 6.08. The molecule has 2 N–H and O–H groups in total. The minimum atomic E-state index is -0.585. The molecule has 2 aromatic rings. The van der Waals surface area contributed by atoms with Crippen molar-refractivity contribution in [2.45, 2.75) is 58.5 Å². The van der Waals surface area contributed by atoms with Crippen LogP contribution in [0.15, 0.2) is 48.5 Å². The van der Waals surface area contributed by atoms with Crippen LogP contribution in [0.5, 0.6) is 5.75 Å². The van der Waals surface area contributed by atoms with E-state index in [1.807, 2.05) is 56.3 Å². The summed E-state index contributed by atoms with van der Waals surface area (Å²) in [6.07, 6.45) is 5.33. The molecule has 1 aliphatic carbocycles. The van der Waals surface area contributed by atoms with Gasteiger partial charge < -0.3 is 15.4 Å². The molecule has 5 nitrogen and oxygen atoms in total. The molecule has 1 atom stereocenters. The van der Waals surface area contributed by atoms with Crippen LogP contribution in [0.4, 0.5) is 11.4 Å². The molecule has 0 aliphatic heterocycles. The Morgan fingerprint density at radius 3 is 2.31 bits per heavy atom. The maximum atomic E-state index is 12.7. The predicted molar refractivity (Wildman–Crippen MR) is 116 cm³/mol. The largest absolute Gasteiger partial charge is 0.481 e. The van der Waals surface area contributed by atoms with E-state index in [0.717, 1.165) is 31.2 Å². The zero-order chi connectivity index (χ0) is 20.6. The minimum absolute atomic E-state index is 0.0716. The number of hydrogen-bond donors (Lipinski definition) is 2. The summed E-state index contributed by atoms with van der Waals surface area (Å²) < 4.78 is 5.84. The fourth-order valence-electron chi connectivity index (χ4n) is 3.61. The van der Waals surface area contributed by atoms with Gasteiger partial charge in [0.2, 0.25) is 5.91 Å². The number of benzene rings is 2. The Hall–Kier alpha value is -2.82. The lowest BCUT2D eigenvalue weighted by molar-refractivity contribution is -0.123. The third-order valence-corrected chi connectivity index (χ3v) is 5.34. The standard InChI is InChI=1S/C24H30N2O3/c1-3-22(29-21-14-12-17(2)13-15-21)24(28)26-20-11-7-10-19(16-20)25-23(27)18-8-5-4-6-9-18/h7,10-16,18,22H,3-6,8-9H2,1-2H3,(H,25,27)(H,26,28). The summed E-state index contributed by atoms with van der Waals surface area (Å²) >= 11 is 0. The molecular weight excluding hydrogens is 364 g/mol. The number of carbonyl (C=O) groups excluding carboxylic acids is 2. The summed E-state index contributed by atoms with van der Waals surface area (Å²) in [5.74, 6) is 0.631. The molecule has 1 fully saturated rings. The van der Waals surface area contributed by atoms with Gasteiger partial charge in [-0.05, 0) is 56.5 Å². The predicted octanol–water partition coefficient (Wildman–Crippen LogP) is 5.31. The molecule has 29 heavy (non-hydrogen) atoms. The van der Waals surface area contributed by atoms with Crippen LogP contribution in [-0.2, 0) is 9.59 Å². The Labute approximate surface area is 172 Å². The quantitative estimate of drug-likeness (QED) is 0.669. The van der Waals surface area contributed by atoms with E-state index in [-0.39, 0.29) is 17.7 Å². The van der Waals surface area contributed by atoms with Gasteiger partial charge in [0.1, 0.15) is 5.75 Å². The number of aryl methyl sites for hydroxylation is 1. The van der Waals surface area contributed by atoms with Crippen molar-refractivity contribution in [2.24, 2.45) is 5.92 Å². The van der Waals surface area contributed by atoms with E-state index in [1.54, 1.807) is 6.07 Å². The van der Waals surface area contributed by atoms with Gasteiger partial charge in [-0.25, -0.2) is 0 Å². The van der Waals surface area contributed by atoms with Gasteiger partial charge in [0.25, 0.3) is 5.91 Å². The lowest BCUT2D eigenvalue weighted by Gasteiger charge is -2.21. The maximum absolute atomic E-state index is 12.7. The number of hydrogen-bond acceptors (Lipinski definition) is 3. The van der Waals surface area contributed by atoms with E-state index in [2.05, 4.69) is 10.6 Å². The van der Waals surface area contributed by atoms with Gasteiger partial charge in [-0.15, -0.1) is 0 Å². The van der Waals surface area contributed by atoms with Gasteiger partial charge in [0.05, 0.1) is 0 Å². The normalized spacial score (nSPS) is 15.4. The molecular formula is C24H30N2O3. The van der Waals surface area contributed by atoms with E-state index in [4.69, 9.17) is 4.74 Å². The van der Waals surface area contributed by atoms with Crippen molar-refractivity contribution in [3.8, 4) is 5.75 Å². The number of amides is 2. The highest BCUT2D eigenvalue weighted by Gasteiger charge is 2.22.